The molecule has 3 nitrogen and oxygen atoms in total. The van der Waals surface area contributed by atoms with Crippen molar-refractivity contribution in [3.8, 4) is 0 Å². The molecule has 2 saturated carbocycles. The number of hydrogen-bond donors (Lipinski definition) is 0. The van der Waals surface area contributed by atoms with Gasteiger partial charge in [0.05, 0.1) is 7.11 Å². The number of nitrogens with zero attached hydrogens (tertiary/aromatic N) is 1. The lowest BCUT2D eigenvalue weighted by Gasteiger charge is -2.14. The van der Waals surface area contributed by atoms with Gasteiger partial charge in [0.25, 0.3) is 0 Å². The molecule has 4 heteroatoms. The molecule has 2 fully saturated rings. The molecule has 0 amide bonds. The van der Waals surface area contributed by atoms with Gasteiger partial charge in [0, 0.05) is 4.88 Å². The Bertz CT molecular complexity index is 480. The van der Waals surface area contributed by atoms with E-state index in [2.05, 4.69) is 11.1 Å². The predicted molar refractivity (Wildman–Crippen MR) is 67.3 cm³/mol. The van der Waals surface area contributed by atoms with Crippen LogP contribution in [0, 0.1) is 0 Å². The Morgan fingerprint density at radius 3 is 2.76 bits per heavy atom. The molecular formula is C13H15NO2S. The van der Waals surface area contributed by atoms with Crippen molar-refractivity contribution in [3.05, 3.63) is 21.2 Å². The van der Waals surface area contributed by atoms with Crippen molar-refractivity contribution >= 4 is 23.4 Å². The number of methoxy groups -OCH3 is 1. The highest BCUT2D eigenvalue weighted by molar-refractivity contribution is 7.13. The second-order valence-corrected chi connectivity index (χ2v) is 5.75. The van der Waals surface area contributed by atoms with Crippen LogP contribution in [0.1, 0.15) is 58.4 Å². The molecule has 1 aromatic rings. The molecule has 0 atom stereocenters. The third-order valence-electron chi connectivity index (χ3n) is 3.32. The monoisotopic (exact) mass is 249 g/mol. The third-order valence-corrected chi connectivity index (χ3v) is 4.49. The summed E-state index contributed by atoms with van der Waals surface area (Å²) in [5, 5.41) is 0.974. The number of allylic oxidation sites excluding steroid dienone is 1. The predicted octanol–water partition coefficient (Wildman–Crippen LogP) is 3.37. The van der Waals surface area contributed by atoms with E-state index in [1.165, 1.54) is 44.8 Å². The quantitative estimate of drug-likeness (QED) is 0.771. The summed E-state index contributed by atoms with van der Waals surface area (Å²) in [7, 11) is 1.42. The van der Waals surface area contributed by atoms with Gasteiger partial charge in [-0.25, -0.2) is 9.78 Å². The summed E-state index contributed by atoms with van der Waals surface area (Å²) in [6.07, 6.45) is 8.17. The van der Waals surface area contributed by atoms with E-state index < -0.39 is 0 Å². The van der Waals surface area contributed by atoms with Crippen LogP contribution in [-0.2, 0) is 4.74 Å². The molecule has 0 N–H and O–H groups in total. The molecule has 1 heterocycles. The molecule has 0 saturated heterocycles. The van der Waals surface area contributed by atoms with Gasteiger partial charge in [-0.05, 0) is 44.1 Å². The maximum atomic E-state index is 11.7. The Balaban J connectivity index is 1.92. The van der Waals surface area contributed by atoms with Gasteiger partial charge in [0.1, 0.15) is 5.01 Å². The van der Waals surface area contributed by atoms with Crippen LogP contribution in [-0.4, -0.2) is 18.1 Å². The molecule has 0 spiro atoms. The Morgan fingerprint density at radius 1 is 1.47 bits per heavy atom. The van der Waals surface area contributed by atoms with Crippen LogP contribution in [0.4, 0.5) is 0 Å². The van der Waals surface area contributed by atoms with Crippen molar-refractivity contribution in [1.29, 1.82) is 0 Å². The van der Waals surface area contributed by atoms with Gasteiger partial charge >= 0.3 is 5.97 Å². The Labute approximate surface area is 105 Å². The fourth-order valence-corrected chi connectivity index (χ4v) is 3.19. The number of esters is 1. The molecule has 0 bridgehead atoms. The van der Waals surface area contributed by atoms with Crippen LogP contribution in [0.2, 0.25) is 0 Å². The van der Waals surface area contributed by atoms with Crippen LogP contribution in [0.15, 0.2) is 5.57 Å². The van der Waals surface area contributed by atoms with Crippen molar-refractivity contribution in [2.45, 2.75) is 38.0 Å². The first kappa shape index (κ1) is 11.0. The number of rotatable bonds is 3. The van der Waals surface area contributed by atoms with Gasteiger partial charge in [-0.15, -0.1) is 11.3 Å². The van der Waals surface area contributed by atoms with Gasteiger partial charge in [0.2, 0.25) is 0 Å². The molecule has 0 aromatic carbocycles. The summed E-state index contributed by atoms with van der Waals surface area (Å²) < 4.78 is 4.80. The van der Waals surface area contributed by atoms with E-state index in [0.717, 1.165) is 9.88 Å². The minimum atomic E-state index is -0.290. The molecule has 0 unspecified atom stereocenters. The van der Waals surface area contributed by atoms with E-state index >= 15 is 0 Å². The minimum absolute atomic E-state index is 0.290. The molecular weight excluding hydrogens is 234 g/mol. The molecule has 1 aromatic heterocycles. The maximum absolute atomic E-state index is 11.7. The number of carbonyl (C=O) groups is 1. The first-order chi connectivity index (χ1) is 8.28. The summed E-state index contributed by atoms with van der Waals surface area (Å²) in [4.78, 5) is 17.2. The van der Waals surface area contributed by atoms with E-state index in [4.69, 9.17) is 4.74 Å². The van der Waals surface area contributed by atoms with Crippen molar-refractivity contribution < 1.29 is 9.53 Å². The molecule has 2 aliphatic carbocycles. The van der Waals surface area contributed by atoms with E-state index in [1.54, 1.807) is 11.3 Å². The summed E-state index contributed by atoms with van der Waals surface area (Å²) in [5.41, 5.74) is 2.00. The third kappa shape index (κ3) is 2.14. The highest BCUT2D eigenvalue weighted by atomic mass is 32.1. The standard InChI is InChI=1S/C13H15NO2S/c1-16-13(15)11-12(9-5-6-9)17-10(14-11)7-8-3-2-4-8/h7,9H,2-6H2,1H3. The largest absolute Gasteiger partial charge is 0.464 e. The summed E-state index contributed by atoms with van der Waals surface area (Å²) in [6.45, 7) is 0. The first-order valence-corrected chi connectivity index (χ1v) is 6.88. The highest BCUT2D eigenvalue weighted by Crippen LogP contribution is 2.45. The molecule has 90 valence electrons. The van der Waals surface area contributed by atoms with Crippen LogP contribution < -0.4 is 0 Å². The van der Waals surface area contributed by atoms with Crippen LogP contribution in [0.3, 0.4) is 0 Å². The fourth-order valence-electron chi connectivity index (χ4n) is 1.98. The van der Waals surface area contributed by atoms with E-state index in [1.807, 2.05) is 0 Å². The number of ether oxygens (including phenoxy) is 1. The minimum Gasteiger partial charge on any atom is -0.464 e. The van der Waals surface area contributed by atoms with E-state index in [-0.39, 0.29) is 5.97 Å². The zero-order valence-corrected chi connectivity index (χ0v) is 10.7. The number of carbonyl (C=O) groups excluding carboxylic acids is 1. The smallest absolute Gasteiger partial charge is 0.357 e. The molecule has 0 radical (unpaired) electrons. The summed E-state index contributed by atoms with van der Waals surface area (Å²) >= 11 is 1.66. The second kappa shape index (κ2) is 4.26. The van der Waals surface area contributed by atoms with Gasteiger partial charge in [-0.3, -0.25) is 0 Å². The molecule has 0 aliphatic heterocycles. The Kier molecular flexibility index (Phi) is 2.74. The fraction of sp³-hybridized carbons (Fsp3) is 0.538. The normalized spacial score (nSPS) is 18.8. The zero-order valence-electron chi connectivity index (χ0n) is 9.86. The number of aromatic nitrogens is 1. The average molecular weight is 249 g/mol. The van der Waals surface area contributed by atoms with E-state index in [0.29, 0.717) is 11.6 Å². The Hall–Kier alpha value is -1.16. The average Bonchev–Trinajstić information content (AvgIpc) is 3.04. The lowest BCUT2D eigenvalue weighted by molar-refractivity contribution is 0.0593. The molecule has 3 rings (SSSR count). The summed E-state index contributed by atoms with van der Waals surface area (Å²) in [6, 6.07) is 0. The maximum Gasteiger partial charge on any atom is 0.357 e. The van der Waals surface area contributed by atoms with Crippen LogP contribution in [0.5, 0.6) is 0 Å². The highest BCUT2D eigenvalue weighted by Gasteiger charge is 2.32. The van der Waals surface area contributed by atoms with Gasteiger partial charge in [-0.2, -0.15) is 0 Å². The first-order valence-electron chi connectivity index (χ1n) is 6.06. The topological polar surface area (TPSA) is 39.2 Å². The van der Waals surface area contributed by atoms with Crippen molar-refractivity contribution in [1.82, 2.24) is 4.98 Å². The number of thiazole rings is 1. The van der Waals surface area contributed by atoms with Crippen molar-refractivity contribution in [2.24, 2.45) is 0 Å². The van der Waals surface area contributed by atoms with Crippen LogP contribution >= 0.6 is 11.3 Å². The van der Waals surface area contributed by atoms with Gasteiger partial charge in [-0.1, -0.05) is 5.57 Å². The van der Waals surface area contributed by atoms with E-state index in [9.17, 15) is 4.79 Å². The molecule has 17 heavy (non-hydrogen) atoms. The van der Waals surface area contributed by atoms with Gasteiger partial charge < -0.3 is 4.74 Å². The summed E-state index contributed by atoms with van der Waals surface area (Å²) in [5.74, 6) is 0.261. The van der Waals surface area contributed by atoms with Crippen LogP contribution in [0.25, 0.3) is 6.08 Å². The number of hydrogen-bond acceptors (Lipinski definition) is 4. The van der Waals surface area contributed by atoms with Gasteiger partial charge in [0.15, 0.2) is 5.69 Å². The lowest BCUT2D eigenvalue weighted by atomic mass is 9.92. The second-order valence-electron chi connectivity index (χ2n) is 4.69. The zero-order chi connectivity index (χ0) is 11.8. The lowest BCUT2D eigenvalue weighted by Crippen LogP contribution is -2.04. The molecule has 2 aliphatic rings. The van der Waals surface area contributed by atoms with Crippen molar-refractivity contribution in [2.75, 3.05) is 7.11 Å². The SMILES string of the molecule is COC(=O)c1nc(C=C2CCC2)sc1C1CC1. The Morgan fingerprint density at radius 2 is 2.24 bits per heavy atom. The van der Waals surface area contributed by atoms with Crippen molar-refractivity contribution in [3.63, 3.8) is 0 Å².